The number of allylic oxidation sites excluding steroid dienone is 1. The molecule has 0 fully saturated rings. The van der Waals surface area contributed by atoms with Crippen molar-refractivity contribution < 1.29 is 0 Å². The average Bonchev–Trinajstić information content (AvgIpc) is 3.15. The van der Waals surface area contributed by atoms with Gasteiger partial charge in [-0.1, -0.05) is 48.9 Å². The number of nitriles is 1. The molecule has 2 unspecified atom stereocenters. The van der Waals surface area contributed by atoms with E-state index in [1.54, 1.807) is 0 Å². The minimum absolute atomic E-state index is 0.166. The molecule has 0 bridgehead atoms. The standard InChI is InChI=1S/C27H30N4/c1-20-7-3-6-10-27(20)24-8-4-5-9-25(15-24)30-18-26-17-29-19-31(26)21(2)23-13-11-22(16-28)12-14-23/h3,6-7,10-15,17,19,21,25,30H,4-5,8-9,18H2,1-2H3. The molecule has 4 heteroatoms. The zero-order valence-electron chi connectivity index (χ0n) is 18.4. The van der Waals surface area contributed by atoms with E-state index in [1.807, 2.05) is 36.8 Å². The number of nitrogens with zero attached hydrogens (tertiary/aromatic N) is 3. The number of hydrogen-bond acceptors (Lipinski definition) is 3. The van der Waals surface area contributed by atoms with Crippen LogP contribution in [0.5, 0.6) is 0 Å². The summed E-state index contributed by atoms with van der Waals surface area (Å²) in [6, 6.07) is 19.2. The van der Waals surface area contributed by atoms with Crippen LogP contribution in [0.1, 0.15) is 66.6 Å². The van der Waals surface area contributed by atoms with Gasteiger partial charge >= 0.3 is 0 Å². The molecule has 2 atom stereocenters. The van der Waals surface area contributed by atoms with Gasteiger partial charge in [0.05, 0.1) is 29.7 Å². The molecule has 0 aliphatic heterocycles. The summed E-state index contributed by atoms with van der Waals surface area (Å²) >= 11 is 0. The predicted molar refractivity (Wildman–Crippen MR) is 125 cm³/mol. The second-order valence-corrected chi connectivity index (χ2v) is 8.44. The molecule has 4 nitrogen and oxygen atoms in total. The van der Waals surface area contributed by atoms with Gasteiger partial charge in [0.25, 0.3) is 0 Å². The van der Waals surface area contributed by atoms with Gasteiger partial charge in [0.1, 0.15) is 0 Å². The minimum atomic E-state index is 0.166. The third-order valence-electron chi connectivity index (χ3n) is 6.34. The third kappa shape index (κ3) is 4.95. The third-order valence-corrected chi connectivity index (χ3v) is 6.34. The molecule has 1 aromatic heterocycles. The van der Waals surface area contributed by atoms with E-state index in [9.17, 15) is 0 Å². The smallest absolute Gasteiger partial charge is 0.0991 e. The van der Waals surface area contributed by atoms with Gasteiger partial charge in [-0.2, -0.15) is 5.26 Å². The fourth-order valence-electron chi connectivity index (χ4n) is 4.46. The lowest BCUT2D eigenvalue weighted by Gasteiger charge is -2.20. The first-order valence-electron chi connectivity index (χ1n) is 11.2. The summed E-state index contributed by atoms with van der Waals surface area (Å²) < 4.78 is 2.22. The summed E-state index contributed by atoms with van der Waals surface area (Å²) in [5.41, 5.74) is 7.24. The van der Waals surface area contributed by atoms with Gasteiger partial charge in [0.15, 0.2) is 0 Å². The van der Waals surface area contributed by atoms with E-state index in [4.69, 9.17) is 5.26 Å². The highest BCUT2D eigenvalue weighted by atomic mass is 15.1. The van der Waals surface area contributed by atoms with Gasteiger partial charge in [-0.15, -0.1) is 0 Å². The molecule has 3 aromatic rings. The Morgan fingerprint density at radius 1 is 1.16 bits per heavy atom. The van der Waals surface area contributed by atoms with Crippen LogP contribution in [0.15, 0.2) is 67.1 Å². The highest BCUT2D eigenvalue weighted by Crippen LogP contribution is 2.28. The normalized spacial score (nSPS) is 17.5. The molecule has 158 valence electrons. The number of benzene rings is 2. The monoisotopic (exact) mass is 410 g/mol. The number of hydrogen-bond donors (Lipinski definition) is 1. The molecule has 0 saturated carbocycles. The minimum Gasteiger partial charge on any atom is -0.326 e. The van der Waals surface area contributed by atoms with Crippen molar-refractivity contribution in [3.05, 3.63) is 95.1 Å². The summed E-state index contributed by atoms with van der Waals surface area (Å²) in [4.78, 5) is 4.41. The second-order valence-electron chi connectivity index (χ2n) is 8.44. The lowest BCUT2D eigenvalue weighted by Crippen LogP contribution is -2.28. The van der Waals surface area contributed by atoms with E-state index < -0.39 is 0 Å². The molecule has 1 heterocycles. The van der Waals surface area contributed by atoms with Crippen molar-refractivity contribution in [1.29, 1.82) is 5.26 Å². The quantitative estimate of drug-likeness (QED) is 0.560. The van der Waals surface area contributed by atoms with E-state index in [-0.39, 0.29) is 6.04 Å². The zero-order valence-corrected chi connectivity index (χ0v) is 18.4. The maximum atomic E-state index is 9.04. The zero-order chi connectivity index (χ0) is 21.6. The van der Waals surface area contributed by atoms with E-state index in [2.05, 4.69) is 65.1 Å². The van der Waals surface area contributed by atoms with Gasteiger partial charge in [0.2, 0.25) is 0 Å². The summed E-state index contributed by atoms with van der Waals surface area (Å²) in [7, 11) is 0. The van der Waals surface area contributed by atoms with E-state index in [1.165, 1.54) is 40.8 Å². The van der Waals surface area contributed by atoms with E-state index in [0.29, 0.717) is 11.6 Å². The maximum Gasteiger partial charge on any atom is 0.0991 e. The molecule has 4 rings (SSSR count). The van der Waals surface area contributed by atoms with Crippen molar-refractivity contribution in [2.45, 2.75) is 58.2 Å². The molecule has 0 radical (unpaired) electrons. The first-order chi connectivity index (χ1) is 15.2. The van der Waals surface area contributed by atoms with Crippen LogP contribution in [0.2, 0.25) is 0 Å². The Hall–Kier alpha value is -3.16. The van der Waals surface area contributed by atoms with Crippen molar-refractivity contribution in [2.24, 2.45) is 0 Å². The van der Waals surface area contributed by atoms with Gasteiger partial charge in [-0.25, -0.2) is 4.98 Å². The Morgan fingerprint density at radius 2 is 1.97 bits per heavy atom. The summed E-state index contributed by atoms with van der Waals surface area (Å²) in [6.45, 7) is 5.16. The first-order valence-corrected chi connectivity index (χ1v) is 11.2. The molecular weight excluding hydrogens is 380 g/mol. The molecule has 2 aromatic carbocycles. The molecule has 1 aliphatic rings. The summed E-state index contributed by atoms with van der Waals surface area (Å²) in [6.07, 6.45) is 11.1. The Morgan fingerprint density at radius 3 is 2.74 bits per heavy atom. The van der Waals surface area contributed by atoms with Crippen molar-refractivity contribution >= 4 is 5.57 Å². The van der Waals surface area contributed by atoms with E-state index in [0.717, 1.165) is 19.4 Å². The Labute approximate surface area is 185 Å². The SMILES string of the molecule is Cc1ccccc1C1=CC(NCc2cncn2C(C)c2ccc(C#N)cc2)CCCC1. The van der Waals surface area contributed by atoms with Crippen molar-refractivity contribution in [3.63, 3.8) is 0 Å². The van der Waals surface area contributed by atoms with Gasteiger partial charge < -0.3 is 9.88 Å². The van der Waals surface area contributed by atoms with Crippen molar-refractivity contribution in [2.75, 3.05) is 0 Å². The lowest BCUT2D eigenvalue weighted by molar-refractivity contribution is 0.513. The van der Waals surface area contributed by atoms with Crippen molar-refractivity contribution in [3.8, 4) is 6.07 Å². The number of nitrogens with one attached hydrogen (secondary N) is 1. The summed E-state index contributed by atoms with van der Waals surface area (Å²) in [5, 5.41) is 12.8. The molecular formula is C27H30N4. The average molecular weight is 411 g/mol. The van der Waals surface area contributed by atoms with Gasteiger partial charge in [-0.05, 0) is 67.5 Å². The van der Waals surface area contributed by atoms with E-state index >= 15 is 0 Å². The molecule has 1 aliphatic carbocycles. The predicted octanol–water partition coefficient (Wildman–Crippen LogP) is 5.79. The van der Waals surface area contributed by atoms with Crippen LogP contribution < -0.4 is 5.32 Å². The molecule has 0 saturated heterocycles. The molecule has 0 amide bonds. The fraction of sp³-hybridized carbons (Fsp3) is 0.333. The highest BCUT2D eigenvalue weighted by Gasteiger charge is 2.16. The fourth-order valence-corrected chi connectivity index (χ4v) is 4.46. The Kier molecular flexibility index (Phi) is 6.64. The van der Waals surface area contributed by atoms with Crippen LogP contribution in [0.3, 0.4) is 0 Å². The molecule has 1 N–H and O–H groups in total. The highest BCUT2D eigenvalue weighted by molar-refractivity contribution is 5.69. The summed E-state index contributed by atoms with van der Waals surface area (Å²) in [5.74, 6) is 0. The first kappa shape index (κ1) is 21.1. The molecule has 0 spiro atoms. The lowest BCUT2D eigenvalue weighted by atomic mass is 9.97. The number of aryl methyl sites for hydroxylation is 1. The van der Waals surface area contributed by atoms with Crippen LogP contribution in [-0.4, -0.2) is 15.6 Å². The number of rotatable bonds is 6. The van der Waals surface area contributed by atoms with Gasteiger partial charge in [-0.3, -0.25) is 0 Å². The van der Waals surface area contributed by atoms with Crippen LogP contribution in [0.25, 0.3) is 5.57 Å². The second kappa shape index (κ2) is 9.76. The van der Waals surface area contributed by atoms with Crippen molar-refractivity contribution in [1.82, 2.24) is 14.9 Å². The Balaban J connectivity index is 1.48. The van der Waals surface area contributed by atoms with Gasteiger partial charge in [0, 0.05) is 18.8 Å². The molecule has 31 heavy (non-hydrogen) atoms. The maximum absolute atomic E-state index is 9.04. The van der Waals surface area contributed by atoms with Crippen LogP contribution in [0, 0.1) is 18.3 Å². The Bertz CT molecular complexity index is 1080. The van der Waals surface area contributed by atoms with Crippen LogP contribution in [0.4, 0.5) is 0 Å². The number of imidazole rings is 1. The number of aromatic nitrogens is 2. The largest absolute Gasteiger partial charge is 0.326 e. The van der Waals surface area contributed by atoms with Crippen LogP contribution in [-0.2, 0) is 6.54 Å². The van der Waals surface area contributed by atoms with Crippen LogP contribution >= 0.6 is 0 Å². The topological polar surface area (TPSA) is 53.6 Å².